The topological polar surface area (TPSA) is 50.8 Å². The number of nitrogens with zero attached hydrogens (tertiary/aromatic N) is 2. The number of hydrogen-bond acceptors (Lipinski definition) is 2. The molecular weight excluding hydrogens is 272 g/mol. The minimum atomic E-state index is -6.00. The zero-order valence-electron chi connectivity index (χ0n) is 7.63. The fourth-order valence-corrected chi connectivity index (χ4v) is 0.766. The molecule has 0 aromatic heterocycles. The molecule has 1 aromatic carbocycles. The van der Waals surface area contributed by atoms with E-state index in [1.807, 2.05) is 30.3 Å². The Morgan fingerprint density at radius 2 is 1.31 bits per heavy atom. The van der Waals surface area contributed by atoms with Crippen LogP contribution in [0.3, 0.4) is 0 Å². The molecule has 1 N–H and O–H groups in total. The molecule has 0 saturated carbocycles. The highest BCUT2D eigenvalue weighted by atomic mass is 35.5. The van der Waals surface area contributed by atoms with E-state index in [-0.39, 0.29) is 0 Å². The van der Waals surface area contributed by atoms with E-state index in [9.17, 15) is 17.3 Å². The maximum atomic E-state index is 9.75. The number of halogens is 6. The molecule has 0 radical (unpaired) electrons. The van der Waals surface area contributed by atoms with Gasteiger partial charge in [0.05, 0.1) is 11.1 Å². The van der Waals surface area contributed by atoms with Gasteiger partial charge >= 0.3 is 7.25 Å². The monoisotopic (exact) mass is 277 g/mol. The number of rotatable bonds is 1. The van der Waals surface area contributed by atoms with Crippen molar-refractivity contribution >= 4 is 36.5 Å². The first-order valence-electron chi connectivity index (χ1n) is 3.57. The third-order valence-electron chi connectivity index (χ3n) is 0.951. The summed E-state index contributed by atoms with van der Waals surface area (Å²) in [6.45, 7) is 0. The summed E-state index contributed by atoms with van der Waals surface area (Å²) < 4.78 is 40.0. The van der Waals surface area contributed by atoms with Crippen LogP contribution in [0.4, 0.5) is 23.0 Å². The summed E-state index contributed by atoms with van der Waals surface area (Å²) in [5.74, 6) is 0. The Labute approximate surface area is 99.3 Å². The molecule has 16 heavy (non-hydrogen) atoms. The van der Waals surface area contributed by atoms with Gasteiger partial charge in [-0.2, -0.15) is 3.94 Å². The van der Waals surface area contributed by atoms with Gasteiger partial charge in [0.1, 0.15) is 0 Å². The van der Waals surface area contributed by atoms with Gasteiger partial charge in [0.25, 0.3) is 0 Å². The summed E-state index contributed by atoms with van der Waals surface area (Å²) in [6, 6.07) is 9.28. The van der Waals surface area contributed by atoms with Crippen molar-refractivity contribution in [1.29, 1.82) is 5.39 Å². The second-order valence-electron chi connectivity index (χ2n) is 2.06. The van der Waals surface area contributed by atoms with E-state index in [2.05, 4.69) is 0 Å². The summed E-state index contributed by atoms with van der Waals surface area (Å²) in [5.41, 5.74) is 0.779. The van der Waals surface area contributed by atoms with Gasteiger partial charge in [0, 0.05) is 23.6 Å². The highest BCUT2D eigenvalue weighted by Gasteiger charge is 2.20. The van der Waals surface area contributed by atoms with Crippen LogP contribution in [0.15, 0.2) is 30.3 Å². The minimum absolute atomic E-state index is 0.779. The van der Waals surface area contributed by atoms with Crippen molar-refractivity contribution in [2.45, 2.75) is 0 Å². The lowest BCUT2D eigenvalue weighted by atomic mass is 10.3. The van der Waals surface area contributed by atoms with Crippen molar-refractivity contribution < 1.29 is 22.7 Å². The molecule has 0 unspecified atom stereocenters. The normalized spacial score (nSPS) is 9.00. The molecule has 10 heteroatoms. The molecule has 0 aliphatic heterocycles. The molecule has 0 amide bonds. The van der Waals surface area contributed by atoms with Crippen LogP contribution in [0.1, 0.15) is 0 Å². The lowest BCUT2D eigenvalue weighted by Crippen LogP contribution is -2.11. The van der Waals surface area contributed by atoms with Crippen molar-refractivity contribution in [3.05, 3.63) is 30.3 Å². The first-order chi connectivity index (χ1) is 7.30. The molecule has 0 aliphatic carbocycles. The Morgan fingerprint density at radius 1 is 1.00 bits per heavy atom. The van der Waals surface area contributed by atoms with Crippen LogP contribution in [0.25, 0.3) is 0 Å². The molecule has 1 rings (SSSR count). The number of nitrogens with one attached hydrogen (secondary N) is 1. The number of hydrogen-bond donors (Lipinski definition) is 1. The zero-order valence-corrected chi connectivity index (χ0v) is 9.14. The van der Waals surface area contributed by atoms with Crippen molar-refractivity contribution in [2.75, 3.05) is 3.94 Å². The fraction of sp³-hybridized carbons (Fsp3) is 0. The van der Waals surface area contributed by atoms with Crippen molar-refractivity contribution in [3.63, 3.8) is 0 Å². The van der Waals surface area contributed by atoms with E-state index in [4.69, 9.17) is 34.3 Å². The summed E-state index contributed by atoms with van der Waals surface area (Å²) in [7, 11) is -6.00. The Kier molecular flexibility index (Phi) is 9.75. The van der Waals surface area contributed by atoms with E-state index in [1.54, 1.807) is 0 Å². The molecule has 3 nitrogen and oxygen atoms in total. The smallest absolute Gasteiger partial charge is 0.418 e. The quantitative estimate of drug-likeness (QED) is 0.371. The van der Waals surface area contributed by atoms with Crippen LogP contribution in [0, 0.1) is 5.39 Å². The Hall–Kier alpha value is -1.20. The first-order valence-corrected chi connectivity index (χ1v) is 4.24. The number of anilines is 1. The van der Waals surface area contributed by atoms with Crippen molar-refractivity contribution in [3.8, 4) is 0 Å². The molecule has 1 aromatic rings. The molecular formula is C6H6BCl2F4N3. The van der Waals surface area contributed by atoms with Crippen molar-refractivity contribution in [1.82, 2.24) is 0 Å². The molecule has 0 heterocycles. The predicted octanol–water partition coefficient (Wildman–Crippen LogP) is 2.38. The van der Waals surface area contributed by atoms with Gasteiger partial charge in [0.15, 0.2) is 0 Å². The lowest BCUT2D eigenvalue weighted by molar-refractivity contribution is -0.175. The Morgan fingerprint density at radius 3 is 1.50 bits per heavy atom. The maximum absolute atomic E-state index is 9.75. The fourth-order valence-electron chi connectivity index (χ4n) is 0.541. The van der Waals surface area contributed by atoms with Gasteiger partial charge in [-0.1, -0.05) is 18.2 Å². The minimum Gasteiger partial charge on any atom is -0.418 e. The van der Waals surface area contributed by atoms with E-state index in [0.717, 1.165) is 9.63 Å². The van der Waals surface area contributed by atoms with Gasteiger partial charge < -0.3 is 17.3 Å². The van der Waals surface area contributed by atoms with E-state index in [0.29, 0.717) is 0 Å². The van der Waals surface area contributed by atoms with Crippen LogP contribution in [0.5, 0.6) is 0 Å². The standard InChI is InChI=1S/C6H5Cl2N.BF4.N2/c7-9(8)6-4-2-1-3-5-6;2-1(3,4)5;1-2/h1-5H;;/q;-1;/p+1. The molecule has 0 spiro atoms. The highest BCUT2D eigenvalue weighted by molar-refractivity contribution is 6.50. The van der Waals surface area contributed by atoms with Gasteiger partial charge in [0.2, 0.25) is 5.39 Å². The van der Waals surface area contributed by atoms with Crippen LogP contribution >= 0.6 is 23.6 Å². The van der Waals surface area contributed by atoms with Crippen LogP contribution in [-0.4, -0.2) is 7.25 Å². The van der Waals surface area contributed by atoms with E-state index < -0.39 is 7.25 Å². The molecule has 0 saturated heterocycles. The predicted molar refractivity (Wildman–Crippen MR) is 53.5 cm³/mol. The van der Waals surface area contributed by atoms with Gasteiger partial charge in [-0.15, -0.1) is 0 Å². The molecule has 90 valence electrons. The summed E-state index contributed by atoms with van der Waals surface area (Å²) in [4.78, 5) is 0. The van der Waals surface area contributed by atoms with E-state index in [1.165, 1.54) is 0 Å². The number of para-hydroxylation sites is 1. The van der Waals surface area contributed by atoms with Crippen LogP contribution in [0.2, 0.25) is 0 Å². The Balaban J connectivity index is 0. The van der Waals surface area contributed by atoms with Crippen LogP contribution in [-0.2, 0) is 0 Å². The number of benzene rings is 1. The average molecular weight is 278 g/mol. The average Bonchev–Trinajstić information content (AvgIpc) is 2.20. The summed E-state index contributed by atoms with van der Waals surface area (Å²) >= 11 is 10.8. The third kappa shape index (κ3) is 15.3. The van der Waals surface area contributed by atoms with Gasteiger partial charge in [-0.05, 0) is 12.1 Å². The second kappa shape index (κ2) is 9.06. The molecule has 0 bridgehead atoms. The zero-order chi connectivity index (χ0) is 13.2. The molecule has 0 aliphatic rings. The van der Waals surface area contributed by atoms with Gasteiger partial charge in [-0.25, -0.2) is 0 Å². The second-order valence-corrected chi connectivity index (χ2v) is 2.91. The van der Waals surface area contributed by atoms with Crippen molar-refractivity contribution in [2.24, 2.45) is 0 Å². The largest absolute Gasteiger partial charge is 0.673 e. The van der Waals surface area contributed by atoms with Crippen LogP contribution < -0.4 is 9.33 Å². The summed E-state index contributed by atoms with van der Waals surface area (Å²) in [6.07, 6.45) is 0. The van der Waals surface area contributed by atoms with Gasteiger partial charge in [-0.3, -0.25) is 0 Å². The highest BCUT2D eigenvalue weighted by Crippen LogP contribution is 2.16. The first kappa shape index (κ1) is 17.2. The van der Waals surface area contributed by atoms with E-state index >= 15 is 0 Å². The maximum Gasteiger partial charge on any atom is 0.673 e. The molecule has 0 fully saturated rings. The SMILES string of the molecule is ClN(Cl)c1ccccc1.F[B-](F)(F)F.N#[NH+]. The third-order valence-corrected chi connectivity index (χ3v) is 1.34. The number of diazo groups is 1. The molecule has 0 atom stereocenters. The summed E-state index contributed by atoms with van der Waals surface area (Å²) in [5, 5.41) is 11.0. The Bertz CT molecular complexity index is 287. The lowest BCUT2D eigenvalue weighted by Gasteiger charge is -2.02.